The van der Waals surface area contributed by atoms with Crippen LogP contribution in [0.1, 0.15) is 59.3 Å². The highest BCUT2D eigenvalue weighted by Crippen LogP contribution is 2.24. The zero-order valence-corrected chi connectivity index (χ0v) is 11.4. The van der Waals surface area contributed by atoms with Gasteiger partial charge in [0.2, 0.25) is 0 Å². The van der Waals surface area contributed by atoms with Crippen LogP contribution in [0, 0.1) is 5.92 Å². The lowest BCUT2D eigenvalue weighted by Gasteiger charge is -2.31. The molecule has 1 saturated carbocycles. The second-order valence-corrected chi connectivity index (χ2v) is 5.78. The Morgan fingerprint density at radius 2 is 1.88 bits per heavy atom. The van der Waals surface area contributed by atoms with Crippen LogP contribution in [-0.4, -0.2) is 30.1 Å². The molecule has 0 heterocycles. The fourth-order valence-electron chi connectivity index (χ4n) is 2.70. The van der Waals surface area contributed by atoms with Gasteiger partial charge in [0.25, 0.3) is 0 Å². The summed E-state index contributed by atoms with van der Waals surface area (Å²) < 4.78 is 0. The van der Waals surface area contributed by atoms with Crippen molar-refractivity contribution in [3.8, 4) is 0 Å². The van der Waals surface area contributed by atoms with Crippen molar-refractivity contribution in [2.45, 2.75) is 71.4 Å². The second-order valence-electron chi connectivity index (χ2n) is 5.78. The maximum absolute atomic E-state index is 6.02. The standard InChI is InChI=1S/C14H30N2/c1-4-13(15)9-10-16(11-12(2)3)14-7-5-6-8-14/h12-14H,4-11,15H2,1-3H3. The molecule has 0 bridgehead atoms. The highest BCUT2D eigenvalue weighted by molar-refractivity contribution is 4.79. The van der Waals surface area contributed by atoms with Crippen LogP contribution in [0.15, 0.2) is 0 Å². The van der Waals surface area contributed by atoms with Gasteiger partial charge in [-0.15, -0.1) is 0 Å². The Morgan fingerprint density at radius 1 is 1.25 bits per heavy atom. The Labute approximate surface area is 102 Å². The molecule has 2 nitrogen and oxygen atoms in total. The Hall–Kier alpha value is -0.0800. The van der Waals surface area contributed by atoms with E-state index in [0.717, 1.165) is 18.4 Å². The molecular weight excluding hydrogens is 196 g/mol. The molecule has 1 rings (SSSR count). The topological polar surface area (TPSA) is 29.3 Å². The lowest BCUT2D eigenvalue weighted by molar-refractivity contribution is 0.171. The van der Waals surface area contributed by atoms with Gasteiger partial charge in [-0.1, -0.05) is 33.6 Å². The number of hydrogen-bond donors (Lipinski definition) is 1. The minimum absolute atomic E-state index is 0.399. The molecule has 1 aliphatic carbocycles. The minimum atomic E-state index is 0.399. The molecule has 0 amide bonds. The smallest absolute Gasteiger partial charge is 0.00953 e. The van der Waals surface area contributed by atoms with Crippen molar-refractivity contribution >= 4 is 0 Å². The van der Waals surface area contributed by atoms with E-state index >= 15 is 0 Å². The molecule has 1 fully saturated rings. The summed E-state index contributed by atoms with van der Waals surface area (Å²) >= 11 is 0. The molecule has 1 unspecified atom stereocenters. The molecular formula is C14H30N2. The molecule has 0 aromatic heterocycles. The van der Waals surface area contributed by atoms with E-state index in [1.165, 1.54) is 45.2 Å². The van der Waals surface area contributed by atoms with Crippen LogP contribution in [-0.2, 0) is 0 Å². The number of rotatable bonds is 7. The van der Waals surface area contributed by atoms with Gasteiger partial charge in [-0.05, 0) is 38.1 Å². The number of nitrogens with two attached hydrogens (primary N) is 1. The average molecular weight is 226 g/mol. The summed E-state index contributed by atoms with van der Waals surface area (Å²) in [6.45, 7) is 9.29. The zero-order valence-electron chi connectivity index (χ0n) is 11.4. The third-order valence-electron chi connectivity index (χ3n) is 3.75. The summed E-state index contributed by atoms with van der Waals surface area (Å²) in [6, 6.07) is 1.25. The van der Waals surface area contributed by atoms with Crippen molar-refractivity contribution in [1.82, 2.24) is 4.90 Å². The fraction of sp³-hybridized carbons (Fsp3) is 1.00. The average Bonchev–Trinajstić information content (AvgIpc) is 2.76. The lowest BCUT2D eigenvalue weighted by atomic mass is 10.1. The van der Waals surface area contributed by atoms with Crippen molar-refractivity contribution < 1.29 is 0 Å². The zero-order chi connectivity index (χ0) is 12.0. The van der Waals surface area contributed by atoms with Gasteiger partial charge in [-0.25, -0.2) is 0 Å². The third-order valence-corrected chi connectivity index (χ3v) is 3.75. The molecule has 0 aromatic rings. The quantitative estimate of drug-likeness (QED) is 0.723. The Bertz CT molecular complexity index is 174. The monoisotopic (exact) mass is 226 g/mol. The first kappa shape index (κ1) is 14.0. The van der Waals surface area contributed by atoms with E-state index in [2.05, 4.69) is 25.7 Å². The predicted octanol–water partition coefficient (Wildman–Crippen LogP) is 3.01. The van der Waals surface area contributed by atoms with Crippen LogP contribution in [0.25, 0.3) is 0 Å². The molecule has 2 heteroatoms. The van der Waals surface area contributed by atoms with Gasteiger partial charge in [0, 0.05) is 18.6 Å². The van der Waals surface area contributed by atoms with Crippen LogP contribution < -0.4 is 5.73 Å². The van der Waals surface area contributed by atoms with E-state index in [1.54, 1.807) is 0 Å². The summed E-state index contributed by atoms with van der Waals surface area (Å²) in [6.07, 6.45) is 7.96. The molecule has 2 N–H and O–H groups in total. The van der Waals surface area contributed by atoms with E-state index in [0.29, 0.717) is 6.04 Å². The largest absolute Gasteiger partial charge is 0.328 e. The molecule has 1 aliphatic rings. The van der Waals surface area contributed by atoms with Gasteiger partial charge in [0.1, 0.15) is 0 Å². The van der Waals surface area contributed by atoms with Gasteiger partial charge in [0.15, 0.2) is 0 Å². The van der Waals surface area contributed by atoms with Crippen molar-refractivity contribution in [3.63, 3.8) is 0 Å². The van der Waals surface area contributed by atoms with E-state index in [-0.39, 0.29) is 0 Å². The first-order valence-electron chi connectivity index (χ1n) is 7.13. The molecule has 0 spiro atoms. The Morgan fingerprint density at radius 3 is 2.38 bits per heavy atom. The molecule has 0 aromatic carbocycles. The molecule has 0 radical (unpaired) electrons. The SMILES string of the molecule is CCC(N)CCN(CC(C)C)C1CCCC1. The second kappa shape index (κ2) is 7.29. The van der Waals surface area contributed by atoms with Gasteiger partial charge < -0.3 is 10.6 Å². The van der Waals surface area contributed by atoms with Crippen molar-refractivity contribution in [2.24, 2.45) is 11.7 Å². The van der Waals surface area contributed by atoms with Gasteiger partial charge in [0.05, 0.1) is 0 Å². The van der Waals surface area contributed by atoms with Crippen LogP contribution in [0.2, 0.25) is 0 Å². The van der Waals surface area contributed by atoms with Gasteiger partial charge >= 0.3 is 0 Å². The van der Waals surface area contributed by atoms with E-state index in [1.807, 2.05) is 0 Å². The summed E-state index contributed by atoms with van der Waals surface area (Å²) in [5.41, 5.74) is 6.02. The summed E-state index contributed by atoms with van der Waals surface area (Å²) in [4.78, 5) is 2.70. The number of hydrogen-bond acceptors (Lipinski definition) is 2. The lowest BCUT2D eigenvalue weighted by Crippen LogP contribution is -2.39. The Kier molecular flexibility index (Phi) is 6.37. The summed E-state index contributed by atoms with van der Waals surface area (Å²) in [5, 5.41) is 0. The molecule has 1 atom stereocenters. The number of nitrogens with zero attached hydrogens (tertiary/aromatic N) is 1. The fourth-order valence-corrected chi connectivity index (χ4v) is 2.70. The van der Waals surface area contributed by atoms with Gasteiger partial charge in [-0.2, -0.15) is 0 Å². The van der Waals surface area contributed by atoms with Crippen LogP contribution in [0.3, 0.4) is 0 Å². The van der Waals surface area contributed by atoms with Gasteiger partial charge in [-0.3, -0.25) is 0 Å². The first-order chi connectivity index (χ1) is 7.63. The molecule has 0 aliphatic heterocycles. The van der Waals surface area contributed by atoms with E-state index < -0.39 is 0 Å². The summed E-state index contributed by atoms with van der Waals surface area (Å²) in [5.74, 6) is 0.776. The molecule has 96 valence electrons. The van der Waals surface area contributed by atoms with Crippen LogP contribution in [0.4, 0.5) is 0 Å². The first-order valence-corrected chi connectivity index (χ1v) is 7.13. The maximum Gasteiger partial charge on any atom is 0.00953 e. The third kappa shape index (κ3) is 4.84. The Balaban J connectivity index is 2.36. The highest BCUT2D eigenvalue weighted by atomic mass is 15.2. The van der Waals surface area contributed by atoms with Crippen molar-refractivity contribution in [1.29, 1.82) is 0 Å². The van der Waals surface area contributed by atoms with Crippen molar-refractivity contribution in [2.75, 3.05) is 13.1 Å². The summed E-state index contributed by atoms with van der Waals surface area (Å²) in [7, 11) is 0. The van der Waals surface area contributed by atoms with E-state index in [9.17, 15) is 0 Å². The van der Waals surface area contributed by atoms with Crippen LogP contribution in [0.5, 0.6) is 0 Å². The highest BCUT2D eigenvalue weighted by Gasteiger charge is 2.22. The van der Waals surface area contributed by atoms with Crippen molar-refractivity contribution in [3.05, 3.63) is 0 Å². The molecule has 16 heavy (non-hydrogen) atoms. The predicted molar refractivity (Wildman–Crippen MR) is 71.6 cm³/mol. The normalized spacial score (nSPS) is 19.9. The minimum Gasteiger partial charge on any atom is -0.328 e. The maximum atomic E-state index is 6.02. The van der Waals surface area contributed by atoms with E-state index in [4.69, 9.17) is 5.73 Å². The molecule has 0 saturated heterocycles. The van der Waals surface area contributed by atoms with Crippen LogP contribution >= 0.6 is 0 Å².